The molecule has 2 atom stereocenters. The quantitative estimate of drug-likeness (QED) is 0.279. The number of hydrogen-bond acceptors (Lipinski definition) is 4. The number of halogens is 1. The highest BCUT2D eigenvalue weighted by Crippen LogP contribution is 2.32. The van der Waals surface area contributed by atoms with Crippen LogP contribution < -0.4 is 14.8 Å². The van der Waals surface area contributed by atoms with Gasteiger partial charge in [0.15, 0.2) is 0 Å². The number of carbonyl (C=O) groups is 1. The second-order valence-corrected chi connectivity index (χ2v) is 10.2. The molecule has 0 aliphatic carbocycles. The van der Waals surface area contributed by atoms with E-state index in [1.807, 2.05) is 63.2 Å². The van der Waals surface area contributed by atoms with E-state index in [1.165, 1.54) is 12.1 Å². The number of aromatic nitrogens is 2. The number of ether oxygens (including phenoxy) is 2. The van der Waals surface area contributed by atoms with Gasteiger partial charge in [0, 0.05) is 10.8 Å². The van der Waals surface area contributed by atoms with Gasteiger partial charge < -0.3 is 14.8 Å². The van der Waals surface area contributed by atoms with Gasteiger partial charge in [-0.2, -0.15) is 5.10 Å². The number of nitrogens with zero attached hydrogens (tertiary/aromatic N) is 2. The van der Waals surface area contributed by atoms with Crippen LogP contribution in [-0.2, 0) is 4.79 Å². The van der Waals surface area contributed by atoms with Gasteiger partial charge in [-0.1, -0.05) is 46.2 Å². The summed E-state index contributed by atoms with van der Waals surface area (Å²) >= 11 is 0. The molecule has 4 aromatic rings. The first-order valence-corrected chi connectivity index (χ1v) is 12.5. The summed E-state index contributed by atoms with van der Waals surface area (Å²) < 4.78 is 27.2. The lowest BCUT2D eigenvalue weighted by Crippen LogP contribution is -2.45. The fraction of sp³-hybridized carbons (Fsp3) is 0.333. The lowest BCUT2D eigenvalue weighted by atomic mass is 9.92. The van der Waals surface area contributed by atoms with Crippen molar-refractivity contribution in [2.75, 3.05) is 7.11 Å². The highest BCUT2D eigenvalue weighted by molar-refractivity contribution is 5.82. The molecule has 37 heavy (non-hydrogen) atoms. The third-order valence-corrected chi connectivity index (χ3v) is 6.26. The minimum absolute atomic E-state index is 0.0292. The largest absolute Gasteiger partial charge is 0.497 e. The normalized spacial score (nSPS) is 13.2. The molecule has 0 bridgehead atoms. The van der Waals surface area contributed by atoms with Crippen molar-refractivity contribution in [1.29, 1.82) is 0 Å². The number of amides is 1. The zero-order valence-corrected chi connectivity index (χ0v) is 22.0. The van der Waals surface area contributed by atoms with Crippen LogP contribution in [0, 0.1) is 11.2 Å². The lowest BCUT2D eigenvalue weighted by molar-refractivity contribution is -0.130. The van der Waals surface area contributed by atoms with Gasteiger partial charge in [-0.15, -0.1) is 0 Å². The topological polar surface area (TPSA) is 65.4 Å². The van der Waals surface area contributed by atoms with Crippen LogP contribution in [0.4, 0.5) is 4.39 Å². The van der Waals surface area contributed by atoms with E-state index in [4.69, 9.17) is 9.47 Å². The van der Waals surface area contributed by atoms with E-state index in [1.54, 1.807) is 30.1 Å². The first-order valence-electron chi connectivity index (χ1n) is 12.5. The van der Waals surface area contributed by atoms with Crippen LogP contribution in [0.3, 0.4) is 0 Å². The van der Waals surface area contributed by atoms with Crippen molar-refractivity contribution in [3.63, 3.8) is 0 Å². The van der Waals surface area contributed by atoms with E-state index in [9.17, 15) is 9.18 Å². The molecule has 0 saturated carbocycles. The van der Waals surface area contributed by atoms with Gasteiger partial charge >= 0.3 is 0 Å². The van der Waals surface area contributed by atoms with Gasteiger partial charge in [-0.05, 0) is 66.6 Å². The minimum atomic E-state index is -0.529. The third-order valence-electron chi connectivity index (χ3n) is 6.26. The Labute approximate surface area is 217 Å². The van der Waals surface area contributed by atoms with Gasteiger partial charge in [0.1, 0.15) is 23.4 Å². The number of methoxy groups -OCH3 is 1. The van der Waals surface area contributed by atoms with Crippen molar-refractivity contribution < 1.29 is 18.7 Å². The minimum Gasteiger partial charge on any atom is -0.497 e. The van der Waals surface area contributed by atoms with E-state index in [0.717, 1.165) is 40.7 Å². The smallest absolute Gasteiger partial charge is 0.225 e. The molecular weight excluding hydrogens is 469 g/mol. The Balaban J connectivity index is 1.70. The molecule has 1 heterocycles. The Kier molecular flexibility index (Phi) is 7.81. The molecule has 0 aliphatic heterocycles. The molecule has 194 valence electrons. The van der Waals surface area contributed by atoms with Crippen LogP contribution in [0.15, 0.2) is 72.9 Å². The van der Waals surface area contributed by atoms with E-state index >= 15 is 0 Å². The van der Waals surface area contributed by atoms with E-state index in [2.05, 4.69) is 17.3 Å². The molecular formula is C30H34FN3O3. The summed E-state index contributed by atoms with van der Waals surface area (Å²) in [5.41, 5.74) is 2.03. The lowest BCUT2D eigenvalue weighted by Gasteiger charge is -2.31. The Morgan fingerprint density at radius 3 is 2.49 bits per heavy atom. The van der Waals surface area contributed by atoms with E-state index < -0.39 is 11.5 Å². The molecule has 4 rings (SSSR count). The van der Waals surface area contributed by atoms with Crippen molar-refractivity contribution in [2.24, 2.45) is 5.41 Å². The maximum absolute atomic E-state index is 13.4. The summed E-state index contributed by atoms with van der Waals surface area (Å²) in [6.45, 7) is 7.80. The van der Waals surface area contributed by atoms with Gasteiger partial charge in [0.25, 0.3) is 0 Å². The second-order valence-electron chi connectivity index (χ2n) is 10.2. The van der Waals surface area contributed by atoms with Gasteiger partial charge in [-0.3, -0.25) is 4.79 Å². The predicted octanol–water partition coefficient (Wildman–Crippen LogP) is 6.62. The molecule has 6 nitrogen and oxygen atoms in total. The molecule has 7 heteroatoms. The Morgan fingerprint density at radius 2 is 1.81 bits per heavy atom. The van der Waals surface area contributed by atoms with Crippen molar-refractivity contribution in [3.05, 3.63) is 84.3 Å². The monoisotopic (exact) mass is 503 g/mol. The molecule has 1 amide bonds. The molecule has 0 aliphatic rings. The Morgan fingerprint density at radius 1 is 1.05 bits per heavy atom. The van der Waals surface area contributed by atoms with E-state index in [0.29, 0.717) is 5.75 Å². The number of fused-ring (bicyclic) bond motifs is 1. The van der Waals surface area contributed by atoms with Crippen molar-refractivity contribution in [1.82, 2.24) is 15.1 Å². The maximum atomic E-state index is 13.4. The third kappa shape index (κ3) is 6.10. The van der Waals surface area contributed by atoms with Crippen LogP contribution in [0.5, 0.6) is 11.5 Å². The number of nitrogens with one attached hydrogen (secondary N) is 1. The van der Waals surface area contributed by atoms with Crippen molar-refractivity contribution in [3.8, 4) is 17.2 Å². The summed E-state index contributed by atoms with van der Waals surface area (Å²) in [4.78, 5) is 13.0. The molecule has 0 spiro atoms. The maximum Gasteiger partial charge on any atom is 0.225 e. The highest BCUT2D eigenvalue weighted by Gasteiger charge is 2.31. The van der Waals surface area contributed by atoms with Gasteiger partial charge in [0.05, 0.1) is 30.6 Å². The van der Waals surface area contributed by atoms with Crippen LogP contribution in [-0.4, -0.2) is 28.8 Å². The zero-order chi connectivity index (χ0) is 26.6. The Bertz CT molecular complexity index is 1360. The number of rotatable bonds is 9. The first kappa shape index (κ1) is 26.2. The van der Waals surface area contributed by atoms with Crippen LogP contribution in [0.2, 0.25) is 0 Å². The van der Waals surface area contributed by atoms with Crippen molar-refractivity contribution in [2.45, 2.75) is 52.7 Å². The standard InChI is InChI=1S/C30H34FN3O3/c1-6-8-26(33-29(35)30(2,3)4)28(20-9-7-10-24(17-20)36-5)37-25-15-16-27-21(18-25)19-32-34(27)23-13-11-22(31)12-14-23/h7,9-19,26,28H,6,8H2,1-5H3,(H,33,35)/t26-,28+/m0/s1. The summed E-state index contributed by atoms with van der Waals surface area (Å²) in [6.07, 6.45) is 2.94. The highest BCUT2D eigenvalue weighted by atomic mass is 19.1. The summed E-state index contributed by atoms with van der Waals surface area (Å²) in [6, 6.07) is 19.5. The first-order chi connectivity index (χ1) is 17.7. The molecule has 0 fully saturated rings. The predicted molar refractivity (Wildman–Crippen MR) is 144 cm³/mol. The fourth-order valence-electron chi connectivity index (χ4n) is 4.22. The van der Waals surface area contributed by atoms with Crippen LogP contribution >= 0.6 is 0 Å². The van der Waals surface area contributed by atoms with Crippen molar-refractivity contribution >= 4 is 16.8 Å². The summed E-state index contributed by atoms with van der Waals surface area (Å²) in [7, 11) is 1.63. The fourth-order valence-corrected chi connectivity index (χ4v) is 4.22. The molecule has 1 N–H and O–H groups in total. The summed E-state index contributed by atoms with van der Waals surface area (Å²) in [5.74, 6) is 1.06. The molecule has 0 unspecified atom stereocenters. The Hall–Kier alpha value is -3.87. The summed E-state index contributed by atoms with van der Waals surface area (Å²) in [5, 5.41) is 8.61. The average molecular weight is 504 g/mol. The molecule has 0 saturated heterocycles. The SMILES string of the molecule is CCC[C@H](NC(=O)C(C)(C)C)[C@H](Oc1ccc2c(cnn2-c2ccc(F)cc2)c1)c1cccc(OC)c1. The number of benzene rings is 3. The molecule has 3 aromatic carbocycles. The number of carbonyl (C=O) groups excluding carboxylic acids is 1. The van der Waals surface area contributed by atoms with Crippen LogP contribution in [0.25, 0.3) is 16.6 Å². The molecule has 1 aromatic heterocycles. The zero-order valence-electron chi connectivity index (χ0n) is 22.0. The molecule has 0 radical (unpaired) electrons. The van der Waals surface area contributed by atoms with Gasteiger partial charge in [-0.25, -0.2) is 9.07 Å². The second kappa shape index (κ2) is 11.0. The van der Waals surface area contributed by atoms with Gasteiger partial charge in [0.2, 0.25) is 5.91 Å². The average Bonchev–Trinajstić information content (AvgIpc) is 3.30. The van der Waals surface area contributed by atoms with E-state index in [-0.39, 0.29) is 17.8 Å². The number of hydrogen-bond donors (Lipinski definition) is 1. The van der Waals surface area contributed by atoms with Crippen LogP contribution in [0.1, 0.15) is 52.2 Å².